The molecule has 2 heterocycles. The van der Waals surface area contributed by atoms with E-state index in [1.165, 1.54) is 0 Å². The fourth-order valence-electron chi connectivity index (χ4n) is 2.33. The second-order valence-corrected chi connectivity index (χ2v) is 5.45. The van der Waals surface area contributed by atoms with Crippen LogP contribution < -0.4 is 5.32 Å². The van der Waals surface area contributed by atoms with E-state index in [1.807, 2.05) is 36.5 Å². The highest BCUT2D eigenvalue weighted by molar-refractivity contribution is 5.95. The van der Waals surface area contributed by atoms with E-state index in [2.05, 4.69) is 34.3 Å². The number of carbonyl (C=O) groups is 1. The molecule has 0 atom stereocenters. The highest BCUT2D eigenvalue weighted by Gasteiger charge is 2.11. The number of nitrogens with zero attached hydrogens (tertiary/aromatic N) is 1. The van der Waals surface area contributed by atoms with Crippen LogP contribution in [0.15, 0.2) is 36.5 Å². The number of benzene rings is 1. The van der Waals surface area contributed by atoms with E-state index >= 15 is 0 Å². The Bertz CT molecular complexity index is 769. The van der Waals surface area contributed by atoms with E-state index in [4.69, 9.17) is 0 Å². The van der Waals surface area contributed by atoms with Crippen molar-refractivity contribution < 1.29 is 4.79 Å². The topological polar surface area (TPSA) is 73.6 Å². The molecule has 0 aliphatic rings. The van der Waals surface area contributed by atoms with Gasteiger partial charge in [-0.25, -0.2) is 0 Å². The fraction of sp³-hybridized carbons (Fsp3) is 0.250. The molecule has 21 heavy (non-hydrogen) atoms. The van der Waals surface area contributed by atoms with Gasteiger partial charge in [-0.05, 0) is 17.5 Å². The predicted molar refractivity (Wildman–Crippen MR) is 83.3 cm³/mol. The number of aromatic amines is 2. The van der Waals surface area contributed by atoms with Gasteiger partial charge in [-0.2, -0.15) is 5.10 Å². The second kappa shape index (κ2) is 5.44. The molecule has 5 heteroatoms. The predicted octanol–water partition coefficient (Wildman–Crippen LogP) is 3.20. The quantitative estimate of drug-likeness (QED) is 0.687. The maximum absolute atomic E-state index is 12.1. The van der Waals surface area contributed by atoms with Crippen molar-refractivity contribution in [3.8, 4) is 0 Å². The van der Waals surface area contributed by atoms with Crippen LogP contribution in [0.3, 0.4) is 0 Å². The number of hydrogen-bond donors (Lipinski definition) is 3. The van der Waals surface area contributed by atoms with Crippen LogP contribution in [0.5, 0.6) is 0 Å². The molecule has 0 spiro atoms. The maximum atomic E-state index is 12.1. The van der Waals surface area contributed by atoms with Gasteiger partial charge < -0.3 is 10.3 Å². The van der Waals surface area contributed by atoms with Crippen molar-refractivity contribution in [3.05, 3.63) is 47.8 Å². The Kier molecular flexibility index (Phi) is 3.48. The highest BCUT2D eigenvalue weighted by atomic mass is 16.1. The molecule has 5 nitrogen and oxygen atoms in total. The Morgan fingerprint density at radius 3 is 2.90 bits per heavy atom. The number of para-hydroxylation sites is 1. The lowest BCUT2D eigenvalue weighted by Gasteiger charge is -2.01. The molecule has 3 N–H and O–H groups in total. The van der Waals surface area contributed by atoms with Crippen LogP contribution in [0.4, 0.5) is 5.82 Å². The van der Waals surface area contributed by atoms with Crippen LogP contribution in [0.25, 0.3) is 10.9 Å². The number of rotatable bonds is 4. The van der Waals surface area contributed by atoms with Crippen molar-refractivity contribution >= 4 is 22.6 Å². The van der Waals surface area contributed by atoms with Crippen molar-refractivity contribution in [2.45, 2.75) is 26.2 Å². The lowest BCUT2D eigenvalue weighted by molar-refractivity contribution is -0.115. The zero-order chi connectivity index (χ0) is 14.8. The molecule has 0 unspecified atom stereocenters. The number of amides is 1. The molecule has 0 aliphatic carbocycles. The van der Waals surface area contributed by atoms with Crippen molar-refractivity contribution in [3.63, 3.8) is 0 Å². The molecule has 1 aromatic carbocycles. The van der Waals surface area contributed by atoms with Crippen LogP contribution in [0.1, 0.15) is 31.0 Å². The summed E-state index contributed by atoms with van der Waals surface area (Å²) in [6, 6.07) is 9.83. The van der Waals surface area contributed by atoms with E-state index in [0.717, 1.165) is 22.2 Å². The number of aromatic nitrogens is 3. The molecule has 0 bridgehead atoms. The molecule has 0 aliphatic heterocycles. The van der Waals surface area contributed by atoms with Crippen LogP contribution in [0, 0.1) is 0 Å². The molecule has 2 aromatic heterocycles. The maximum Gasteiger partial charge on any atom is 0.230 e. The van der Waals surface area contributed by atoms with Crippen LogP contribution in [-0.4, -0.2) is 21.1 Å². The molecular weight excluding hydrogens is 264 g/mol. The average molecular weight is 282 g/mol. The molecule has 0 radical (unpaired) electrons. The minimum atomic E-state index is -0.0680. The van der Waals surface area contributed by atoms with Crippen LogP contribution >= 0.6 is 0 Å². The number of H-pyrrole nitrogens is 2. The molecule has 3 aromatic rings. The lowest BCUT2D eigenvalue weighted by Crippen LogP contribution is -2.14. The molecule has 108 valence electrons. The first kappa shape index (κ1) is 13.4. The van der Waals surface area contributed by atoms with Gasteiger partial charge in [-0.1, -0.05) is 32.0 Å². The van der Waals surface area contributed by atoms with Crippen molar-refractivity contribution in [2.24, 2.45) is 0 Å². The second-order valence-electron chi connectivity index (χ2n) is 5.45. The number of anilines is 1. The summed E-state index contributed by atoms with van der Waals surface area (Å²) in [5.41, 5.74) is 3.04. The average Bonchev–Trinajstić information content (AvgIpc) is 3.07. The summed E-state index contributed by atoms with van der Waals surface area (Å²) in [4.78, 5) is 15.3. The van der Waals surface area contributed by atoms with Crippen molar-refractivity contribution in [2.75, 3.05) is 5.32 Å². The van der Waals surface area contributed by atoms with Gasteiger partial charge in [0.1, 0.15) is 0 Å². The first-order valence-corrected chi connectivity index (χ1v) is 7.03. The van der Waals surface area contributed by atoms with Gasteiger partial charge in [0.25, 0.3) is 0 Å². The SMILES string of the molecule is CC(C)c1cc(NC(=O)Cc2c[nH]c3ccccc23)n[nH]1. The number of hydrogen-bond acceptors (Lipinski definition) is 2. The Balaban J connectivity index is 1.71. The lowest BCUT2D eigenvalue weighted by atomic mass is 10.1. The standard InChI is InChI=1S/C16H18N4O/c1-10(2)14-8-15(20-19-14)18-16(21)7-11-9-17-13-6-4-3-5-12(11)13/h3-6,8-10,17H,7H2,1-2H3,(H2,18,19,20,21). The van der Waals surface area contributed by atoms with E-state index in [0.29, 0.717) is 18.2 Å². The smallest absolute Gasteiger partial charge is 0.230 e. The molecule has 0 fully saturated rings. The third kappa shape index (κ3) is 2.81. The molecular formula is C16H18N4O. The summed E-state index contributed by atoms with van der Waals surface area (Å²) < 4.78 is 0. The highest BCUT2D eigenvalue weighted by Crippen LogP contribution is 2.19. The van der Waals surface area contributed by atoms with Crippen LogP contribution in [-0.2, 0) is 11.2 Å². The summed E-state index contributed by atoms with van der Waals surface area (Å²) in [6.07, 6.45) is 2.21. The first-order valence-electron chi connectivity index (χ1n) is 7.03. The summed E-state index contributed by atoms with van der Waals surface area (Å²) in [7, 11) is 0. The fourth-order valence-corrected chi connectivity index (χ4v) is 2.33. The zero-order valence-corrected chi connectivity index (χ0v) is 12.1. The van der Waals surface area contributed by atoms with E-state index in [9.17, 15) is 4.79 Å². The van der Waals surface area contributed by atoms with E-state index in [1.54, 1.807) is 0 Å². The minimum Gasteiger partial charge on any atom is -0.361 e. The van der Waals surface area contributed by atoms with Gasteiger partial charge in [0.2, 0.25) is 5.91 Å². The van der Waals surface area contributed by atoms with Crippen molar-refractivity contribution in [1.82, 2.24) is 15.2 Å². The minimum absolute atomic E-state index is 0.0680. The molecule has 1 amide bonds. The van der Waals surface area contributed by atoms with Crippen molar-refractivity contribution in [1.29, 1.82) is 0 Å². The normalized spacial score (nSPS) is 11.2. The number of fused-ring (bicyclic) bond motifs is 1. The van der Waals surface area contributed by atoms with E-state index < -0.39 is 0 Å². The monoisotopic (exact) mass is 282 g/mol. The summed E-state index contributed by atoms with van der Waals surface area (Å²) in [5, 5.41) is 10.9. The van der Waals surface area contributed by atoms with Gasteiger partial charge in [0.15, 0.2) is 5.82 Å². The summed E-state index contributed by atoms with van der Waals surface area (Å²) >= 11 is 0. The Morgan fingerprint density at radius 2 is 2.14 bits per heavy atom. The third-order valence-electron chi connectivity index (χ3n) is 3.51. The Hall–Kier alpha value is -2.56. The number of carbonyl (C=O) groups excluding carboxylic acids is 1. The number of nitrogens with one attached hydrogen (secondary N) is 3. The molecule has 0 saturated heterocycles. The summed E-state index contributed by atoms with van der Waals surface area (Å²) in [5.74, 6) is 0.863. The van der Waals surface area contributed by atoms with Gasteiger partial charge >= 0.3 is 0 Å². The Morgan fingerprint density at radius 1 is 1.33 bits per heavy atom. The van der Waals surface area contributed by atoms with Gasteiger partial charge in [0.05, 0.1) is 6.42 Å². The third-order valence-corrected chi connectivity index (χ3v) is 3.51. The van der Waals surface area contributed by atoms with Gasteiger partial charge in [-0.15, -0.1) is 0 Å². The Labute approximate surface area is 122 Å². The summed E-state index contributed by atoms with van der Waals surface area (Å²) in [6.45, 7) is 4.15. The first-order chi connectivity index (χ1) is 10.1. The van der Waals surface area contributed by atoms with Gasteiger partial charge in [0, 0.05) is 28.9 Å². The largest absolute Gasteiger partial charge is 0.361 e. The molecule has 0 saturated carbocycles. The van der Waals surface area contributed by atoms with Gasteiger partial charge in [-0.3, -0.25) is 9.89 Å². The van der Waals surface area contributed by atoms with E-state index in [-0.39, 0.29) is 5.91 Å². The molecule has 3 rings (SSSR count). The zero-order valence-electron chi connectivity index (χ0n) is 12.1. The van der Waals surface area contributed by atoms with Crippen LogP contribution in [0.2, 0.25) is 0 Å².